The molecule has 6 nitrogen and oxygen atoms in total. The van der Waals surface area contributed by atoms with Gasteiger partial charge in [-0.1, -0.05) is 12.5 Å². The van der Waals surface area contributed by atoms with Crippen molar-refractivity contribution < 1.29 is 18.3 Å². The van der Waals surface area contributed by atoms with E-state index in [1.807, 2.05) is 13.0 Å². The van der Waals surface area contributed by atoms with Crippen molar-refractivity contribution in [3.63, 3.8) is 0 Å². The highest BCUT2D eigenvalue weighted by molar-refractivity contribution is 7.15. The van der Waals surface area contributed by atoms with Crippen molar-refractivity contribution in [3.05, 3.63) is 52.9 Å². The Hall–Kier alpha value is -3.03. The third-order valence-electron chi connectivity index (χ3n) is 5.68. The number of hydrogen-bond acceptors (Lipinski definition) is 7. The van der Waals surface area contributed by atoms with Crippen molar-refractivity contribution in [1.29, 1.82) is 5.26 Å². The number of nitriles is 1. The summed E-state index contributed by atoms with van der Waals surface area (Å²) >= 11 is 1.37. The lowest BCUT2D eigenvalue weighted by atomic mass is 9.79. The van der Waals surface area contributed by atoms with Gasteiger partial charge >= 0.3 is 6.18 Å². The highest BCUT2D eigenvalue weighted by Crippen LogP contribution is 2.40. The maximum Gasteiger partial charge on any atom is 0.433 e. The number of benzene rings is 1. The van der Waals surface area contributed by atoms with Gasteiger partial charge in [-0.05, 0) is 61.4 Å². The summed E-state index contributed by atoms with van der Waals surface area (Å²) in [5.41, 5.74) is 1.24. The van der Waals surface area contributed by atoms with Crippen molar-refractivity contribution in [2.24, 2.45) is 11.8 Å². The Morgan fingerprint density at radius 1 is 1.24 bits per heavy atom. The number of thiazole rings is 1. The average Bonchev–Trinajstić information content (AvgIpc) is 3.28. The van der Waals surface area contributed by atoms with Gasteiger partial charge in [-0.3, -0.25) is 0 Å². The fraction of sp³-hybridized carbons (Fsp3) is 0.391. The highest BCUT2D eigenvalue weighted by Gasteiger charge is 2.33. The number of nitrogens with one attached hydrogen (secondary N) is 1. The maximum atomic E-state index is 12.9. The van der Waals surface area contributed by atoms with E-state index < -0.39 is 18.0 Å². The lowest BCUT2D eigenvalue weighted by Gasteiger charge is -2.28. The zero-order valence-electron chi connectivity index (χ0n) is 17.8. The van der Waals surface area contributed by atoms with E-state index in [4.69, 9.17) is 0 Å². The van der Waals surface area contributed by atoms with E-state index in [9.17, 15) is 23.5 Å². The normalized spacial score (nSPS) is 19.6. The SMILES string of the molecule is Cc1cc(Nc2nccc(C(F)(F)F)n2)cc(-c2cnc(C(O)C3CCC[C@@H](C#N)C3)s2)c1. The summed E-state index contributed by atoms with van der Waals surface area (Å²) in [5.74, 6) is -0.164. The molecule has 0 bridgehead atoms. The molecule has 2 aromatic heterocycles. The van der Waals surface area contributed by atoms with Gasteiger partial charge in [-0.15, -0.1) is 11.3 Å². The van der Waals surface area contributed by atoms with Crippen LogP contribution in [0.3, 0.4) is 0 Å². The number of anilines is 2. The summed E-state index contributed by atoms with van der Waals surface area (Å²) in [6.07, 6.45) is 0.802. The lowest BCUT2D eigenvalue weighted by Crippen LogP contribution is -2.20. The summed E-state index contributed by atoms with van der Waals surface area (Å²) < 4.78 is 38.8. The molecule has 0 aliphatic heterocycles. The second kappa shape index (κ2) is 9.45. The quantitative estimate of drug-likeness (QED) is 0.470. The minimum Gasteiger partial charge on any atom is -0.386 e. The van der Waals surface area contributed by atoms with Gasteiger partial charge in [0.1, 0.15) is 16.8 Å². The fourth-order valence-electron chi connectivity index (χ4n) is 4.09. The summed E-state index contributed by atoms with van der Waals surface area (Å²) in [6.45, 7) is 1.88. The molecule has 2 N–H and O–H groups in total. The van der Waals surface area contributed by atoms with Crippen LogP contribution in [0.4, 0.5) is 24.8 Å². The monoisotopic (exact) mass is 473 g/mol. The lowest BCUT2D eigenvalue weighted by molar-refractivity contribution is -0.141. The van der Waals surface area contributed by atoms with Crippen LogP contribution >= 0.6 is 11.3 Å². The van der Waals surface area contributed by atoms with E-state index in [-0.39, 0.29) is 17.8 Å². The van der Waals surface area contributed by atoms with Crippen LogP contribution in [0.1, 0.15) is 48.1 Å². The van der Waals surface area contributed by atoms with Crippen LogP contribution in [0, 0.1) is 30.1 Å². The van der Waals surface area contributed by atoms with Gasteiger partial charge in [0.05, 0.1) is 10.9 Å². The topological polar surface area (TPSA) is 94.7 Å². The smallest absolute Gasteiger partial charge is 0.386 e. The van der Waals surface area contributed by atoms with Crippen molar-refractivity contribution in [2.45, 2.75) is 44.9 Å². The Morgan fingerprint density at radius 2 is 2.06 bits per heavy atom. The molecule has 1 aliphatic rings. The molecular formula is C23H22F3N5OS. The number of aryl methyl sites for hydroxylation is 1. The van der Waals surface area contributed by atoms with Gasteiger partial charge in [0, 0.05) is 24.0 Å². The number of hydrogen-bond donors (Lipinski definition) is 2. The molecule has 4 rings (SSSR count). The number of aromatic nitrogens is 3. The van der Waals surface area contributed by atoms with Crippen molar-refractivity contribution >= 4 is 23.0 Å². The molecular weight excluding hydrogens is 451 g/mol. The Labute approximate surface area is 193 Å². The third-order valence-corrected chi connectivity index (χ3v) is 6.80. The molecule has 0 saturated heterocycles. The first kappa shape index (κ1) is 23.1. The van der Waals surface area contributed by atoms with Gasteiger partial charge < -0.3 is 10.4 Å². The molecule has 3 atom stereocenters. The molecule has 2 unspecified atom stereocenters. The number of halogens is 3. The molecule has 0 amide bonds. The second-order valence-electron chi connectivity index (χ2n) is 8.24. The summed E-state index contributed by atoms with van der Waals surface area (Å²) in [6, 6.07) is 8.64. The van der Waals surface area contributed by atoms with Crippen molar-refractivity contribution in [1.82, 2.24) is 15.0 Å². The van der Waals surface area contributed by atoms with E-state index in [0.717, 1.165) is 47.5 Å². The van der Waals surface area contributed by atoms with Crippen LogP contribution < -0.4 is 5.32 Å². The second-order valence-corrected chi connectivity index (χ2v) is 9.30. The number of nitrogens with zero attached hydrogens (tertiary/aromatic N) is 4. The molecule has 3 aromatic rings. The van der Waals surface area contributed by atoms with Gasteiger partial charge in [0.2, 0.25) is 5.95 Å². The Balaban J connectivity index is 1.54. The van der Waals surface area contributed by atoms with E-state index in [0.29, 0.717) is 17.1 Å². The van der Waals surface area contributed by atoms with E-state index >= 15 is 0 Å². The molecule has 1 aromatic carbocycles. The summed E-state index contributed by atoms with van der Waals surface area (Å²) in [7, 11) is 0. The van der Waals surface area contributed by atoms with Crippen molar-refractivity contribution in [2.75, 3.05) is 5.32 Å². The predicted molar refractivity (Wildman–Crippen MR) is 119 cm³/mol. The number of alkyl halides is 3. The standard InChI is InChI=1S/C23H22F3N5OS/c1-13-7-16(10-17(8-13)30-22-28-6-5-19(31-22)23(24,25)26)18-12-29-21(33-18)20(32)15-4-2-3-14(9-15)11-27/h5-8,10,12,14-15,20,32H,2-4,9H2,1H3,(H,28,30,31)/t14-,15?,20?/m1/s1. The van der Waals surface area contributed by atoms with Crippen LogP contribution in [0.25, 0.3) is 10.4 Å². The Morgan fingerprint density at radius 3 is 2.82 bits per heavy atom. The Bertz CT molecular complexity index is 1170. The first-order chi connectivity index (χ1) is 15.7. The van der Waals surface area contributed by atoms with Crippen LogP contribution in [-0.2, 0) is 6.18 Å². The van der Waals surface area contributed by atoms with Crippen LogP contribution in [0.5, 0.6) is 0 Å². The number of rotatable bonds is 5. The fourth-order valence-corrected chi connectivity index (χ4v) is 5.08. The number of aliphatic hydroxyl groups excluding tert-OH is 1. The Kier molecular flexibility index (Phi) is 6.63. The minimum absolute atomic E-state index is 0.00944. The van der Waals surface area contributed by atoms with Crippen LogP contribution in [0.15, 0.2) is 36.7 Å². The first-order valence-electron chi connectivity index (χ1n) is 10.6. The largest absolute Gasteiger partial charge is 0.433 e. The maximum absolute atomic E-state index is 12.9. The minimum atomic E-state index is -4.55. The van der Waals surface area contributed by atoms with Gasteiger partial charge in [-0.25, -0.2) is 15.0 Å². The van der Waals surface area contributed by atoms with Gasteiger partial charge in [0.25, 0.3) is 0 Å². The number of aliphatic hydroxyl groups is 1. The molecule has 1 fully saturated rings. The van der Waals surface area contributed by atoms with Crippen LogP contribution in [-0.4, -0.2) is 20.1 Å². The van der Waals surface area contributed by atoms with Gasteiger partial charge in [-0.2, -0.15) is 18.4 Å². The molecule has 10 heteroatoms. The average molecular weight is 474 g/mol. The molecule has 172 valence electrons. The third kappa shape index (κ3) is 5.49. The van der Waals surface area contributed by atoms with E-state index in [1.54, 1.807) is 18.3 Å². The predicted octanol–water partition coefficient (Wildman–Crippen LogP) is 6.03. The molecule has 1 aliphatic carbocycles. The molecule has 1 saturated carbocycles. The molecule has 33 heavy (non-hydrogen) atoms. The zero-order chi connectivity index (χ0) is 23.6. The molecule has 0 radical (unpaired) electrons. The van der Waals surface area contributed by atoms with Crippen LogP contribution in [0.2, 0.25) is 0 Å². The van der Waals surface area contributed by atoms with Gasteiger partial charge in [0.15, 0.2) is 0 Å². The summed E-state index contributed by atoms with van der Waals surface area (Å²) in [5, 5.41) is 23.5. The highest BCUT2D eigenvalue weighted by atomic mass is 32.1. The molecule has 2 heterocycles. The van der Waals surface area contributed by atoms with E-state index in [1.165, 1.54) is 11.3 Å². The first-order valence-corrected chi connectivity index (χ1v) is 11.4. The van der Waals surface area contributed by atoms with Crippen molar-refractivity contribution in [3.8, 4) is 16.5 Å². The van der Waals surface area contributed by atoms with E-state index in [2.05, 4.69) is 26.3 Å². The molecule has 0 spiro atoms. The zero-order valence-corrected chi connectivity index (χ0v) is 18.6. The summed E-state index contributed by atoms with van der Waals surface area (Å²) in [4.78, 5) is 12.7.